The largest absolute Gasteiger partial charge is 0.353 e. The number of carbonyl (C=O) groups excluding carboxylic acids is 1. The van der Waals surface area contributed by atoms with E-state index in [-0.39, 0.29) is 5.91 Å². The predicted octanol–water partition coefficient (Wildman–Crippen LogP) is 3.52. The lowest BCUT2D eigenvalue weighted by Crippen LogP contribution is -2.23. The number of hydrogen-bond donors (Lipinski definition) is 1. The van der Waals surface area contributed by atoms with Gasteiger partial charge in [-0.25, -0.2) is 0 Å². The van der Waals surface area contributed by atoms with E-state index in [9.17, 15) is 4.79 Å². The number of amides is 1. The lowest BCUT2D eigenvalue weighted by atomic mass is 10.1. The Hall–Kier alpha value is -1.28. The highest BCUT2D eigenvalue weighted by Gasteiger charge is 1.97. The molecule has 0 unspecified atom stereocenters. The van der Waals surface area contributed by atoms with Crippen LogP contribution in [0.2, 0.25) is 5.02 Å². The van der Waals surface area contributed by atoms with Gasteiger partial charge in [-0.3, -0.25) is 4.79 Å². The van der Waals surface area contributed by atoms with Crippen LogP contribution in [0.4, 0.5) is 0 Å². The number of carbonyl (C=O) groups is 1. The summed E-state index contributed by atoms with van der Waals surface area (Å²) in [5, 5.41) is 3.54. The molecule has 0 bridgehead atoms. The zero-order valence-corrected chi connectivity index (χ0v) is 11.0. The molecule has 2 nitrogen and oxygen atoms in total. The Morgan fingerprint density at radius 2 is 2.00 bits per heavy atom. The van der Waals surface area contributed by atoms with Crippen LogP contribution in [0.5, 0.6) is 0 Å². The Bertz CT molecular complexity index is 382. The molecule has 0 aliphatic rings. The van der Waals surface area contributed by atoms with Gasteiger partial charge in [-0.1, -0.05) is 37.6 Å². The molecular formula is C14H18ClNO. The van der Waals surface area contributed by atoms with E-state index in [1.54, 1.807) is 24.3 Å². The van der Waals surface area contributed by atoms with Gasteiger partial charge in [0.05, 0.1) is 0 Å². The van der Waals surface area contributed by atoms with Gasteiger partial charge in [0.25, 0.3) is 0 Å². The third kappa shape index (κ3) is 6.12. The first kappa shape index (κ1) is 13.8. The zero-order chi connectivity index (χ0) is 12.7. The minimum Gasteiger partial charge on any atom is -0.353 e. The van der Waals surface area contributed by atoms with E-state index in [1.807, 2.05) is 12.1 Å². The van der Waals surface area contributed by atoms with Crippen molar-refractivity contribution in [2.45, 2.75) is 20.3 Å². The van der Waals surface area contributed by atoms with Gasteiger partial charge in [0.15, 0.2) is 0 Å². The van der Waals surface area contributed by atoms with Crippen molar-refractivity contribution in [2.24, 2.45) is 5.92 Å². The van der Waals surface area contributed by atoms with Crippen molar-refractivity contribution in [3.05, 3.63) is 40.9 Å². The van der Waals surface area contributed by atoms with Gasteiger partial charge in [-0.15, -0.1) is 0 Å². The Morgan fingerprint density at radius 3 is 2.59 bits per heavy atom. The fourth-order valence-electron chi connectivity index (χ4n) is 1.29. The average molecular weight is 252 g/mol. The first-order valence-corrected chi connectivity index (χ1v) is 6.17. The van der Waals surface area contributed by atoms with Crippen LogP contribution in [0.3, 0.4) is 0 Å². The van der Waals surface area contributed by atoms with Gasteiger partial charge in [-0.05, 0) is 36.1 Å². The van der Waals surface area contributed by atoms with Gasteiger partial charge in [0.2, 0.25) is 5.91 Å². The number of halogens is 1. The van der Waals surface area contributed by atoms with Crippen LogP contribution >= 0.6 is 11.6 Å². The van der Waals surface area contributed by atoms with Crippen molar-refractivity contribution in [1.29, 1.82) is 0 Å². The van der Waals surface area contributed by atoms with Crippen LogP contribution in [-0.2, 0) is 4.79 Å². The number of hydrogen-bond acceptors (Lipinski definition) is 1. The molecule has 0 heterocycles. The molecule has 0 aliphatic heterocycles. The van der Waals surface area contributed by atoms with E-state index in [4.69, 9.17) is 11.6 Å². The predicted molar refractivity (Wildman–Crippen MR) is 73.0 cm³/mol. The van der Waals surface area contributed by atoms with Gasteiger partial charge >= 0.3 is 0 Å². The Morgan fingerprint density at radius 1 is 1.35 bits per heavy atom. The van der Waals surface area contributed by atoms with E-state index in [1.165, 1.54) is 0 Å². The molecule has 92 valence electrons. The quantitative estimate of drug-likeness (QED) is 0.798. The highest BCUT2D eigenvalue weighted by molar-refractivity contribution is 6.30. The molecule has 1 aromatic carbocycles. The average Bonchev–Trinajstić information content (AvgIpc) is 2.28. The molecule has 0 atom stereocenters. The SMILES string of the molecule is CC(C)CCNC(=O)/C=C/c1ccc(Cl)cc1. The van der Waals surface area contributed by atoms with Crippen molar-refractivity contribution < 1.29 is 4.79 Å². The summed E-state index contributed by atoms with van der Waals surface area (Å²) in [4.78, 5) is 11.4. The molecule has 0 spiro atoms. The molecule has 17 heavy (non-hydrogen) atoms. The van der Waals surface area contributed by atoms with Gasteiger partial charge in [-0.2, -0.15) is 0 Å². The van der Waals surface area contributed by atoms with Crippen LogP contribution in [0.25, 0.3) is 6.08 Å². The number of benzene rings is 1. The minimum absolute atomic E-state index is 0.0550. The van der Waals surface area contributed by atoms with Crippen molar-refractivity contribution in [3.63, 3.8) is 0 Å². The van der Waals surface area contributed by atoms with Crippen LogP contribution < -0.4 is 5.32 Å². The molecule has 0 saturated carbocycles. The normalized spacial score (nSPS) is 11.1. The molecule has 0 fully saturated rings. The maximum Gasteiger partial charge on any atom is 0.243 e. The molecule has 1 N–H and O–H groups in total. The van der Waals surface area contributed by atoms with Crippen molar-refractivity contribution in [2.75, 3.05) is 6.54 Å². The smallest absolute Gasteiger partial charge is 0.243 e. The maximum atomic E-state index is 11.4. The van der Waals surface area contributed by atoms with Gasteiger partial charge < -0.3 is 5.32 Å². The second-order valence-corrected chi connectivity index (χ2v) is 4.79. The fourth-order valence-corrected chi connectivity index (χ4v) is 1.41. The summed E-state index contributed by atoms with van der Waals surface area (Å²) < 4.78 is 0. The van der Waals surface area contributed by atoms with Gasteiger partial charge in [0.1, 0.15) is 0 Å². The molecule has 0 radical (unpaired) electrons. The van der Waals surface area contributed by atoms with E-state index < -0.39 is 0 Å². The van der Waals surface area contributed by atoms with Gasteiger partial charge in [0, 0.05) is 17.6 Å². The molecule has 1 rings (SSSR count). The fraction of sp³-hybridized carbons (Fsp3) is 0.357. The summed E-state index contributed by atoms with van der Waals surface area (Å²) in [5.41, 5.74) is 0.966. The Balaban J connectivity index is 2.37. The standard InChI is InChI=1S/C14H18ClNO/c1-11(2)9-10-16-14(17)8-5-12-3-6-13(15)7-4-12/h3-8,11H,9-10H2,1-2H3,(H,16,17)/b8-5+. The van der Waals surface area contributed by atoms with E-state index in [2.05, 4.69) is 19.2 Å². The highest BCUT2D eigenvalue weighted by atomic mass is 35.5. The minimum atomic E-state index is -0.0550. The number of rotatable bonds is 5. The summed E-state index contributed by atoms with van der Waals surface area (Å²) in [6, 6.07) is 7.36. The van der Waals surface area contributed by atoms with Crippen LogP contribution in [0, 0.1) is 5.92 Å². The summed E-state index contributed by atoms with van der Waals surface area (Å²) >= 11 is 5.77. The van der Waals surface area contributed by atoms with E-state index in [0.717, 1.165) is 18.5 Å². The van der Waals surface area contributed by atoms with Crippen molar-refractivity contribution >= 4 is 23.6 Å². The van der Waals surface area contributed by atoms with Crippen LogP contribution in [-0.4, -0.2) is 12.5 Å². The topological polar surface area (TPSA) is 29.1 Å². The van der Waals surface area contributed by atoms with E-state index >= 15 is 0 Å². The Kier molecular flexibility index (Phi) is 5.78. The maximum absolute atomic E-state index is 11.4. The molecule has 0 aromatic heterocycles. The third-order valence-corrected chi connectivity index (χ3v) is 2.57. The van der Waals surface area contributed by atoms with Crippen molar-refractivity contribution in [3.8, 4) is 0 Å². The first-order valence-electron chi connectivity index (χ1n) is 5.79. The zero-order valence-electron chi connectivity index (χ0n) is 10.2. The Labute approximate surface area is 108 Å². The second kappa shape index (κ2) is 7.13. The summed E-state index contributed by atoms with van der Waals surface area (Å²) in [6.45, 7) is 4.99. The molecule has 1 amide bonds. The molecular weight excluding hydrogens is 234 g/mol. The first-order chi connectivity index (χ1) is 8.08. The number of nitrogens with one attached hydrogen (secondary N) is 1. The molecule has 0 saturated heterocycles. The monoisotopic (exact) mass is 251 g/mol. The summed E-state index contributed by atoms with van der Waals surface area (Å²) in [7, 11) is 0. The molecule has 1 aromatic rings. The lowest BCUT2D eigenvalue weighted by molar-refractivity contribution is -0.116. The summed E-state index contributed by atoms with van der Waals surface area (Å²) in [5.74, 6) is 0.552. The lowest BCUT2D eigenvalue weighted by Gasteiger charge is -2.04. The second-order valence-electron chi connectivity index (χ2n) is 4.36. The van der Waals surface area contributed by atoms with Crippen LogP contribution in [0.15, 0.2) is 30.3 Å². The van der Waals surface area contributed by atoms with Crippen molar-refractivity contribution in [1.82, 2.24) is 5.32 Å². The van der Waals surface area contributed by atoms with E-state index in [0.29, 0.717) is 10.9 Å². The highest BCUT2D eigenvalue weighted by Crippen LogP contribution is 2.10. The molecule has 3 heteroatoms. The summed E-state index contributed by atoms with van der Waals surface area (Å²) in [6.07, 6.45) is 4.32. The van der Waals surface area contributed by atoms with Crippen LogP contribution in [0.1, 0.15) is 25.8 Å². The third-order valence-electron chi connectivity index (χ3n) is 2.32. The molecule has 0 aliphatic carbocycles.